The molecule has 76 valence electrons. The molecule has 1 heterocycles. The van der Waals surface area contributed by atoms with Crippen LogP contribution >= 0.6 is 0 Å². The number of fused-ring (bicyclic) bond motifs is 1. The third-order valence-electron chi connectivity index (χ3n) is 2.02. The maximum atomic E-state index is 11.5. The summed E-state index contributed by atoms with van der Waals surface area (Å²) in [5.74, 6) is 0.391. The van der Waals surface area contributed by atoms with Crippen molar-refractivity contribution in [2.45, 2.75) is 4.90 Å². The highest BCUT2D eigenvalue weighted by molar-refractivity contribution is 7.94. The molecule has 1 aliphatic rings. The Hall–Kier alpha value is -1.80. The minimum atomic E-state index is -3.30. The summed E-state index contributed by atoms with van der Waals surface area (Å²) in [7, 11) is -3.30. The van der Waals surface area contributed by atoms with Crippen LogP contribution in [0.1, 0.15) is 5.56 Å². The molecule has 0 aliphatic carbocycles. The maximum Gasteiger partial charge on any atom is 0.200 e. The van der Waals surface area contributed by atoms with Crippen molar-refractivity contribution in [1.29, 1.82) is 5.26 Å². The highest BCUT2D eigenvalue weighted by Gasteiger charge is 2.20. The first-order chi connectivity index (χ1) is 7.13. The lowest BCUT2D eigenvalue weighted by molar-refractivity contribution is 0.367. The number of nitriles is 1. The summed E-state index contributed by atoms with van der Waals surface area (Å²) in [5, 5.41) is 9.48. The molecule has 1 aromatic carbocycles. The summed E-state index contributed by atoms with van der Waals surface area (Å²) in [4.78, 5) is 0.234. The van der Waals surface area contributed by atoms with Gasteiger partial charge in [0.15, 0.2) is 6.61 Å². The van der Waals surface area contributed by atoms with Gasteiger partial charge in [0.1, 0.15) is 11.8 Å². The number of hydrogen-bond acceptors (Lipinski definition) is 4. The minimum absolute atomic E-state index is 0.0910. The van der Waals surface area contributed by atoms with Crippen LogP contribution in [0.3, 0.4) is 0 Å². The van der Waals surface area contributed by atoms with Crippen LogP contribution in [0, 0.1) is 11.3 Å². The van der Waals surface area contributed by atoms with Crippen LogP contribution < -0.4 is 4.74 Å². The van der Waals surface area contributed by atoms with Gasteiger partial charge in [-0.25, -0.2) is 8.42 Å². The van der Waals surface area contributed by atoms with Gasteiger partial charge in [-0.2, -0.15) is 5.26 Å². The topological polar surface area (TPSA) is 67.2 Å². The molecule has 0 unspecified atom stereocenters. The molecule has 1 aliphatic heterocycles. The smallest absolute Gasteiger partial charge is 0.200 e. The number of ether oxygens (including phenoxy) is 1. The van der Waals surface area contributed by atoms with Crippen molar-refractivity contribution in [2.75, 3.05) is 6.61 Å². The average Bonchev–Trinajstić information content (AvgIpc) is 2.52. The Morgan fingerprint density at radius 2 is 2.20 bits per heavy atom. The molecule has 0 saturated carbocycles. The Bertz CT molecular complexity index is 567. The van der Waals surface area contributed by atoms with E-state index in [0.29, 0.717) is 11.3 Å². The standard InChI is InChI=1S/C10H7NO3S/c11-4-5-14-9-2-1-8-3-6-15(12,13)10(8)7-9/h1-3,6-7H,5H2. The van der Waals surface area contributed by atoms with Crippen molar-refractivity contribution in [2.24, 2.45) is 0 Å². The van der Waals surface area contributed by atoms with Gasteiger partial charge in [0.2, 0.25) is 9.84 Å². The molecule has 15 heavy (non-hydrogen) atoms. The fourth-order valence-corrected chi connectivity index (χ4v) is 2.56. The molecule has 2 rings (SSSR count). The number of nitrogens with zero attached hydrogens (tertiary/aromatic N) is 1. The number of rotatable bonds is 2. The van der Waals surface area contributed by atoms with E-state index in [4.69, 9.17) is 10.00 Å². The summed E-state index contributed by atoms with van der Waals surface area (Å²) < 4.78 is 28.0. The molecule has 0 saturated heterocycles. The van der Waals surface area contributed by atoms with E-state index < -0.39 is 9.84 Å². The quantitative estimate of drug-likeness (QED) is 0.755. The maximum absolute atomic E-state index is 11.5. The monoisotopic (exact) mass is 221 g/mol. The predicted molar refractivity (Wildman–Crippen MR) is 53.8 cm³/mol. The number of hydrogen-bond donors (Lipinski definition) is 0. The van der Waals surface area contributed by atoms with Crippen molar-refractivity contribution in [1.82, 2.24) is 0 Å². The SMILES string of the molecule is N#CCOc1ccc2c(c1)S(=O)(=O)C=C2. The average molecular weight is 221 g/mol. The van der Waals surface area contributed by atoms with Gasteiger partial charge in [-0.05, 0) is 29.8 Å². The van der Waals surface area contributed by atoms with E-state index in [0.717, 1.165) is 5.41 Å². The van der Waals surface area contributed by atoms with Crippen LogP contribution in [0.4, 0.5) is 0 Å². The largest absolute Gasteiger partial charge is 0.479 e. The third kappa shape index (κ3) is 1.72. The second-order valence-electron chi connectivity index (χ2n) is 2.99. The fourth-order valence-electron chi connectivity index (χ4n) is 1.34. The van der Waals surface area contributed by atoms with Crippen LogP contribution in [0.25, 0.3) is 6.08 Å². The Morgan fingerprint density at radius 1 is 1.40 bits per heavy atom. The molecule has 0 bridgehead atoms. The van der Waals surface area contributed by atoms with Crippen molar-refractivity contribution in [3.05, 3.63) is 29.2 Å². The molecule has 0 amide bonds. The van der Waals surface area contributed by atoms with Crippen molar-refractivity contribution in [3.8, 4) is 11.8 Å². The molecule has 0 N–H and O–H groups in total. The fraction of sp³-hybridized carbons (Fsp3) is 0.100. The summed E-state index contributed by atoms with van der Waals surface area (Å²) in [6, 6.07) is 6.55. The summed E-state index contributed by atoms with van der Waals surface area (Å²) in [6.07, 6.45) is 1.54. The Kier molecular flexibility index (Phi) is 2.21. The molecule has 0 fully saturated rings. The predicted octanol–water partition coefficient (Wildman–Crippen LogP) is 1.35. The lowest BCUT2D eigenvalue weighted by Crippen LogP contribution is -1.97. The lowest BCUT2D eigenvalue weighted by atomic mass is 10.2. The molecule has 1 aromatic rings. The van der Waals surface area contributed by atoms with Crippen molar-refractivity contribution >= 4 is 15.9 Å². The molecular formula is C10H7NO3S. The normalized spacial score (nSPS) is 15.7. The number of sulfone groups is 1. The Morgan fingerprint density at radius 3 is 2.93 bits per heavy atom. The van der Waals surface area contributed by atoms with E-state index in [2.05, 4.69) is 0 Å². The van der Waals surface area contributed by atoms with E-state index in [1.54, 1.807) is 18.2 Å². The zero-order chi connectivity index (χ0) is 10.9. The van der Waals surface area contributed by atoms with Gasteiger partial charge in [-0.3, -0.25) is 0 Å². The van der Waals surface area contributed by atoms with Gasteiger partial charge in [0.05, 0.1) is 4.90 Å². The zero-order valence-electron chi connectivity index (χ0n) is 7.67. The van der Waals surface area contributed by atoms with Gasteiger partial charge < -0.3 is 4.74 Å². The minimum Gasteiger partial charge on any atom is -0.479 e. The first kappa shape index (κ1) is 9.74. The summed E-state index contributed by atoms with van der Waals surface area (Å²) in [6.45, 7) is -0.0910. The molecule has 0 radical (unpaired) electrons. The van der Waals surface area contributed by atoms with E-state index in [9.17, 15) is 8.42 Å². The Labute approximate surface area is 87.3 Å². The van der Waals surface area contributed by atoms with Gasteiger partial charge in [-0.1, -0.05) is 0 Å². The van der Waals surface area contributed by atoms with Crippen molar-refractivity contribution < 1.29 is 13.2 Å². The van der Waals surface area contributed by atoms with Crippen LogP contribution in [0.15, 0.2) is 28.5 Å². The van der Waals surface area contributed by atoms with Crippen LogP contribution in [0.5, 0.6) is 5.75 Å². The van der Waals surface area contributed by atoms with Gasteiger partial charge in [0, 0.05) is 5.41 Å². The summed E-state index contributed by atoms with van der Waals surface area (Å²) >= 11 is 0. The second-order valence-corrected chi connectivity index (χ2v) is 4.80. The molecule has 5 heteroatoms. The molecule has 0 spiro atoms. The highest BCUT2D eigenvalue weighted by atomic mass is 32.2. The van der Waals surface area contributed by atoms with E-state index in [-0.39, 0.29) is 11.5 Å². The van der Waals surface area contributed by atoms with Crippen LogP contribution in [-0.2, 0) is 9.84 Å². The first-order valence-electron chi connectivity index (χ1n) is 4.20. The molecule has 4 nitrogen and oxygen atoms in total. The molecule has 0 atom stereocenters. The van der Waals surface area contributed by atoms with Crippen LogP contribution in [0.2, 0.25) is 0 Å². The lowest BCUT2D eigenvalue weighted by Gasteiger charge is -2.03. The molecular weight excluding hydrogens is 214 g/mol. The second kappa shape index (κ2) is 3.41. The van der Waals surface area contributed by atoms with Crippen LogP contribution in [-0.4, -0.2) is 15.0 Å². The van der Waals surface area contributed by atoms with E-state index in [1.165, 1.54) is 6.07 Å². The third-order valence-corrected chi connectivity index (χ3v) is 3.48. The number of benzene rings is 1. The van der Waals surface area contributed by atoms with Crippen molar-refractivity contribution in [3.63, 3.8) is 0 Å². The first-order valence-corrected chi connectivity index (χ1v) is 5.75. The zero-order valence-corrected chi connectivity index (χ0v) is 8.49. The van der Waals surface area contributed by atoms with E-state index in [1.807, 2.05) is 6.07 Å². The van der Waals surface area contributed by atoms with Gasteiger partial charge in [0.25, 0.3) is 0 Å². The molecule has 0 aromatic heterocycles. The highest BCUT2D eigenvalue weighted by Crippen LogP contribution is 2.29. The summed E-state index contributed by atoms with van der Waals surface area (Å²) in [5.41, 5.74) is 0.652. The van der Waals surface area contributed by atoms with Gasteiger partial charge >= 0.3 is 0 Å². The van der Waals surface area contributed by atoms with E-state index >= 15 is 0 Å². The Balaban J connectivity index is 2.41. The van der Waals surface area contributed by atoms with Gasteiger partial charge in [-0.15, -0.1) is 0 Å².